The summed E-state index contributed by atoms with van der Waals surface area (Å²) in [6, 6.07) is 8.70. The third-order valence-corrected chi connectivity index (χ3v) is 3.60. The van der Waals surface area contributed by atoms with E-state index in [0.29, 0.717) is 18.6 Å². The quantitative estimate of drug-likeness (QED) is 0.870. The lowest BCUT2D eigenvalue weighted by Crippen LogP contribution is -2.30. The summed E-state index contributed by atoms with van der Waals surface area (Å²) in [5.74, 6) is 1.64. The minimum atomic E-state index is 0.358. The number of benzene rings is 1. The highest BCUT2D eigenvalue weighted by atomic mass is 16.5. The molecule has 3 heteroatoms. The van der Waals surface area contributed by atoms with Crippen molar-refractivity contribution in [1.82, 2.24) is 5.32 Å². The van der Waals surface area contributed by atoms with Crippen molar-refractivity contribution in [3.63, 3.8) is 0 Å². The van der Waals surface area contributed by atoms with Gasteiger partial charge >= 0.3 is 0 Å². The summed E-state index contributed by atoms with van der Waals surface area (Å²) in [6.07, 6.45) is 2.23. The van der Waals surface area contributed by atoms with Gasteiger partial charge in [0.05, 0.1) is 6.61 Å². The van der Waals surface area contributed by atoms with Crippen molar-refractivity contribution in [3.8, 4) is 5.75 Å². The van der Waals surface area contributed by atoms with Gasteiger partial charge in [0, 0.05) is 24.8 Å². The zero-order valence-corrected chi connectivity index (χ0v) is 11.3. The second kappa shape index (κ2) is 6.76. The van der Waals surface area contributed by atoms with Crippen molar-refractivity contribution in [2.45, 2.75) is 25.8 Å². The highest BCUT2D eigenvalue weighted by Gasteiger charge is 2.26. The van der Waals surface area contributed by atoms with Crippen molar-refractivity contribution in [1.29, 1.82) is 0 Å². The molecule has 0 radical (unpaired) electrons. The molecule has 1 N–H and O–H groups in total. The van der Waals surface area contributed by atoms with Gasteiger partial charge in [0.1, 0.15) is 5.75 Å². The number of rotatable bonds is 5. The van der Waals surface area contributed by atoms with E-state index >= 15 is 0 Å². The Morgan fingerprint density at radius 3 is 2.72 bits per heavy atom. The molecule has 0 bridgehead atoms. The van der Waals surface area contributed by atoms with Crippen LogP contribution in [0.2, 0.25) is 0 Å². The summed E-state index contributed by atoms with van der Waals surface area (Å²) < 4.78 is 11.2. The summed E-state index contributed by atoms with van der Waals surface area (Å²) in [6.45, 7) is 4.49. The average molecular weight is 249 g/mol. The van der Waals surface area contributed by atoms with E-state index < -0.39 is 0 Å². The topological polar surface area (TPSA) is 30.5 Å². The van der Waals surface area contributed by atoms with Gasteiger partial charge in [-0.3, -0.25) is 0 Å². The predicted octanol–water partition coefficient (Wildman–Crippen LogP) is 2.77. The fraction of sp³-hybridized carbons (Fsp3) is 0.600. The third kappa shape index (κ3) is 3.03. The van der Waals surface area contributed by atoms with E-state index in [4.69, 9.17) is 9.47 Å². The molecule has 1 heterocycles. The highest BCUT2D eigenvalue weighted by molar-refractivity contribution is 5.36. The van der Waals surface area contributed by atoms with Crippen LogP contribution in [-0.2, 0) is 4.74 Å². The van der Waals surface area contributed by atoms with Crippen LogP contribution in [0.15, 0.2) is 24.3 Å². The van der Waals surface area contributed by atoms with Crippen LogP contribution in [-0.4, -0.2) is 26.9 Å². The Labute approximate surface area is 109 Å². The average Bonchev–Trinajstić information content (AvgIpc) is 2.43. The molecule has 1 fully saturated rings. The third-order valence-electron chi connectivity index (χ3n) is 3.60. The number of hydrogen-bond acceptors (Lipinski definition) is 3. The van der Waals surface area contributed by atoms with Crippen molar-refractivity contribution < 1.29 is 9.47 Å². The first-order chi connectivity index (χ1) is 8.86. The monoisotopic (exact) mass is 249 g/mol. The maximum absolute atomic E-state index is 5.74. The SMILES string of the molecule is CCOc1ccccc1C(NC)C1CCOCC1. The first kappa shape index (κ1) is 13.4. The molecule has 1 unspecified atom stereocenters. The Kier molecular flexibility index (Phi) is 5.02. The normalized spacial score (nSPS) is 18.6. The Balaban J connectivity index is 2.20. The van der Waals surface area contributed by atoms with E-state index in [0.717, 1.165) is 31.8 Å². The summed E-state index contributed by atoms with van der Waals surface area (Å²) in [5, 5.41) is 3.45. The zero-order valence-electron chi connectivity index (χ0n) is 11.3. The lowest BCUT2D eigenvalue weighted by molar-refractivity contribution is 0.0542. The molecule has 1 saturated heterocycles. The molecule has 0 saturated carbocycles. The molecule has 3 nitrogen and oxygen atoms in total. The zero-order chi connectivity index (χ0) is 12.8. The van der Waals surface area contributed by atoms with E-state index in [-0.39, 0.29) is 0 Å². The van der Waals surface area contributed by atoms with Gasteiger partial charge in [0.25, 0.3) is 0 Å². The smallest absolute Gasteiger partial charge is 0.124 e. The molecule has 0 aliphatic carbocycles. The van der Waals surface area contributed by atoms with Gasteiger partial charge in [-0.05, 0) is 38.8 Å². The molecule has 2 rings (SSSR count). The molecule has 1 atom stereocenters. The van der Waals surface area contributed by atoms with Crippen LogP contribution in [0.4, 0.5) is 0 Å². The Bertz CT molecular complexity index is 361. The maximum Gasteiger partial charge on any atom is 0.124 e. The predicted molar refractivity (Wildman–Crippen MR) is 73.0 cm³/mol. The van der Waals surface area contributed by atoms with Crippen LogP contribution < -0.4 is 10.1 Å². The first-order valence-corrected chi connectivity index (χ1v) is 6.83. The molecule has 0 amide bonds. The van der Waals surface area contributed by atoms with E-state index in [2.05, 4.69) is 23.5 Å². The lowest BCUT2D eigenvalue weighted by Gasteiger charge is -2.31. The van der Waals surface area contributed by atoms with Crippen LogP contribution in [0.1, 0.15) is 31.4 Å². The van der Waals surface area contributed by atoms with Gasteiger partial charge in [-0.2, -0.15) is 0 Å². The van der Waals surface area contributed by atoms with E-state index in [9.17, 15) is 0 Å². The van der Waals surface area contributed by atoms with Crippen molar-refractivity contribution >= 4 is 0 Å². The van der Waals surface area contributed by atoms with Gasteiger partial charge in [-0.1, -0.05) is 18.2 Å². The highest BCUT2D eigenvalue weighted by Crippen LogP contribution is 2.34. The molecule has 0 aromatic heterocycles. The largest absolute Gasteiger partial charge is 0.494 e. The van der Waals surface area contributed by atoms with Gasteiger partial charge in [-0.15, -0.1) is 0 Å². The second-order valence-corrected chi connectivity index (χ2v) is 4.69. The molecule has 0 spiro atoms. The molecule has 1 aromatic rings. The van der Waals surface area contributed by atoms with Gasteiger partial charge in [-0.25, -0.2) is 0 Å². The summed E-state index contributed by atoms with van der Waals surface area (Å²) in [4.78, 5) is 0. The van der Waals surface area contributed by atoms with Crippen LogP contribution in [0.25, 0.3) is 0 Å². The fourth-order valence-electron chi connectivity index (χ4n) is 2.72. The minimum Gasteiger partial charge on any atom is -0.494 e. The number of ether oxygens (including phenoxy) is 2. The number of hydrogen-bond donors (Lipinski definition) is 1. The van der Waals surface area contributed by atoms with E-state index in [1.807, 2.05) is 20.0 Å². The molecule has 1 aromatic carbocycles. The molecule has 18 heavy (non-hydrogen) atoms. The standard InChI is InChI=1S/C15H23NO2/c1-3-18-14-7-5-4-6-13(14)15(16-2)12-8-10-17-11-9-12/h4-7,12,15-16H,3,8-11H2,1-2H3. The Morgan fingerprint density at radius 1 is 1.33 bits per heavy atom. The Hall–Kier alpha value is -1.06. The Morgan fingerprint density at radius 2 is 2.06 bits per heavy atom. The van der Waals surface area contributed by atoms with Crippen LogP contribution in [0, 0.1) is 5.92 Å². The molecule has 1 aliphatic rings. The molecule has 100 valence electrons. The minimum absolute atomic E-state index is 0.358. The van der Waals surface area contributed by atoms with E-state index in [1.54, 1.807) is 0 Å². The fourth-order valence-corrected chi connectivity index (χ4v) is 2.72. The van der Waals surface area contributed by atoms with Crippen LogP contribution in [0.5, 0.6) is 5.75 Å². The second-order valence-electron chi connectivity index (χ2n) is 4.69. The van der Waals surface area contributed by atoms with Crippen molar-refractivity contribution in [3.05, 3.63) is 29.8 Å². The summed E-state index contributed by atoms with van der Waals surface area (Å²) >= 11 is 0. The first-order valence-electron chi connectivity index (χ1n) is 6.83. The molecule has 1 aliphatic heterocycles. The van der Waals surface area contributed by atoms with Gasteiger partial charge in [0.15, 0.2) is 0 Å². The summed E-state index contributed by atoms with van der Waals surface area (Å²) in [5.41, 5.74) is 1.27. The van der Waals surface area contributed by atoms with Crippen molar-refractivity contribution in [2.24, 2.45) is 5.92 Å². The molecular weight excluding hydrogens is 226 g/mol. The van der Waals surface area contributed by atoms with Crippen molar-refractivity contribution in [2.75, 3.05) is 26.9 Å². The summed E-state index contributed by atoms with van der Waals surface area (Å²) in [7, 11) is 2.03. The number of para-hydroxylation sites is 1. The number of nitrogens with one attached hydrogen (secondary N) is 1. The van der Waals surface area contributed by atoms with Crippen LogP contribution >= 0.6 is 0 Å². The van der Waals surface area contributed by atoms with Gasteiger partial charge < -0.3 is 14.8 Å². The molecular formula is C15H23NO2. The van der Waals surface area contributed by atoms with Crippen LogP contribution in [0.3, 0.4) is 0 Å². The maximum atomic E-state index is 5.74. The van der Waals surface area contributed by atoms with Gasteiger partial charge in [0.2, 0.25) is 0 Å². The van der Waals surface area contributed by atoms with E-state index in [1.165, 1.54) is 5.56 Å². The lowest BCUT2D eigenvalue weighted by atomic mass is 9.87.